The second kappa shape index (κ2) is 5.05. The molecule has 3 rings (SSSR count). The molecule has 19 heavy (non-hydrogen) atoms. The monoisotopic (exact) mass is 274 g/mol. The number of carbonyl (C=O) groups is 1. The van der Waals surface area contributed by atoms with Crippen molar-refractivity contribution in [2.75, 3.05) is 6.54 Å². The van der Waals surface area contributed by atoms with Crippen molar-refractivity contribution in [2.45, 2.75) is 25.8 Å². The van der Waals surface area contributed by atoms with E-state index in [9.17, 15) is 4.79 Å². The predicted octanol–water partition coefficient (Wildman–Crippen LogP) is 2.22. The molecular weight excluding hydrogens is 260 g/mol. The molecule has 5 nitrogen and oxygen atoms in total. The summed E-state index contributed by atoms with van der Waals surface area (Å²) in [7, 11) is 0. The first kappa shape index (κ1) is 12.2. The van der Waals surface area contributed by atoms with Gasteiger partial charge in [0.1, 0.15) is 0 Å². The van der Waals surface area contributed by atoms with Crippen molar-refractivity contribution in [1.82, 2.24) is 18.6 Å². The molecule has 1 aliphatic rings. The van der Waals surface area contributed by atoms with Gasteiger partial charge in [-0.05, 0) is 31.4 Å². The summed E-state index contributed by atoms with van der Waals surface area (Å²) in [6, 6.07) is 4.05. The van der Waals surface area contributed by atoms with Crippen molar-refractivity contribution in [3.8, 4) is 0 Å². The van der Waals surface area contributed by atoms with Crippen LogP contribution < -0.4 is 0 Å². The van der Waals surface area contributed by atoms with Gasteiger partial charge in [0.15, 0.2) is 5.69 Å². The lowest BCUT2D eigenvalue weighted by Crippen LogP contribution is -2.31. The molecule has 0 bridgehead atoms. The minimum absolute atomic E-state index is 0.0161. The molecule has 2 aromatic rings. The van der Waals surface area contributed by atoms with Gasteiger partial charge in [0, 0.05) is 18.9 Å². The van der Waals surface area contributed by atoms with Crippen molar-refractivity contribution in [1.29, 1.82) is 0 Å². The van der Waals surface area contributed by atoms with Crippen LogP contribution >= 0.6 is 11.7 Å². The van der Waals surface area contributed by atoms with Crippen LogP contribution in [0, 0.1) is 6.92 Å². The zero-order valence-corrected chi connectivity index (χ0v) is 11.4. The number of rotatable bonds is 2. The molecular formula is C13H14N4OS. The molecule has 0 radical (unpaired) electrons. The first-order chi connectivity index (χ1) is 9.27. The van der Waals surface area contributed by atoms with E-state index in [4.69, 9.17) is 0 Å². The zero-order chi connectivity index (χ0) is 13.2. The zero-order valence-electron chi connectivity index (χ0n) is 10.6. The normalized spacial score (nSPS) is 18.8. The molecule has 1 fully saturated rings. The standard InChI is InChI=1S/C13H14N4OS/c1-9-12(16-19-15-9)13(18)17-7-3-5-11(17)10-4-2-6-14-8-10/h2,4,6,8,11H,3,5,7H2,1H3. The lowest BCUT2D eigenvalue weighted by atomic mass is 10.1. The average molecular weight is 274 g/mol. The largest absolute Gasteiger partial charge is 0.330 e. The first-order valence-electron chi connectivity index (χ1n) is 6.27. The number of carbonyl (C=O) groups excluding carboxylic acids is 1. The molecule has 0 aromatic carbocycles. The van der Waals surface area contributed by atoms with Gasteiger partial charge < -0.3 is 4.90 Å². The van der Waals surface area contributed by atoms with E-state index < -0.39 is 0 Å². The highest BCUT2D eigenvalue weighted by molar-refractivity contribution is 6.99. The SMILES string of the molecule is Cc1nsnc1C(=O)N1CCCC1c1cccnc1. The number of hydrogen-bond donors (Lipinski definition) is 0. The van der Waals surface area contributed by atoms with Crippen LogP contribution in [0.4, 0.5) is 0 Å². The van der Waals surface area contributed by atoms with Crippen molar-refractivity contribution in [2.24, 2.45) is 0 Å². The third-order valence-electron chi connectivity index (χ3n) is 3.44. The van der Waals surface area contributed by atoms with Crippen LogP contribution in [0.3, 0.4) is 0 Å². The van der Waals surface area contributed by atoms with E-state index in [0.29, 0.717) is 11.4 Å². The van der Waals surface area contributed by atoms with E-state index in [1.54, 1.807) is 6.20 Å². The van der Waals surface area contributed by atoms with E-state index in [-0.39, 0.29) is 11.9 Å². The lowest BCUT2D eigenvalue weighted by molar-refractivity contribution is 0.0730. The molecule has 3 heterocycles. The van der Waals surface area contributed by atoms with Gasteiger partial charge in [-0.3, -0.25) is 9.78 Å². The molecule has 98 valence electrons. The Bertz CT molecular complexity index is 583. The molecule has 2 aromatic heterocycles. The number of likely N-dealkylation sites (tertiary alicyclic amines) is 1. The first-order valence-corrected chi connectivity index (χ1v) is 7.00. The molecule has 0 N–H and O–H groups in total. The molecule has 6 heteroatoms. The molecule has 0 aliphatic carbocycles. The Kier molecular flexibility index (Phi) is 3.25. The number of aromatic nitrogens is 3. The molecule has 1 amide bonds. The summed E-state index contributed by atoms with van der Waals surface area (Å²) in [6.07, 6.45) is 5.58. The van der Waals surface area contributed by atoms with Gasteiger partial charge in [0.05, 0.1) is 23.5 Å². The summed E-state index contributed by atoms with van der Waals surface area (Å²) in [5.41, 5.74) is 2.29. The van der Waals surface area contributed by atoms with Gasteiger partial charge >= 0.3 is 0 Å². The van der Waals surface area contributed by atoms with Crippen LogP contribution in [0.5, 0.6) is 0 Å². The van der Waals surface area contributed by atoms with Gasteiger partial charge in [-0.1, -0.05) is 6.07 Å². The number of pyridine rings is 1. The van der Waals surface area contributed by atoms with E-state index >= 15 is 0 Å². The number of nitrogens with zero attached hydrogens (tertiary/aromatic N) is 4. The number of aryl methyl sites for hydroxylation is 1. The van der Waals surface area contributed by atoms with Gasteiger partial charge in [-0.2, -0.15) is 8.75 Å². The van der Waals surface area contributed by atoms with E-state index in [2.05, 4.69) is 13.7 Å². The third kappa shape index (κ3) is 2.23. The topological polar surface area (TPSA) is 59.0 Å². The van der Waals surface area contributed by atoms with Crippen LogP contribution in [-0.2, 0) is 0 Å². The number of amides is 1. The maximum atomic E-state index is 12.5. The summed E-state index contributed by atoms with van der Waals surface area (Å²) < 4.78 is 8.19. The smallest absolute Gasteiger partial charge is 0.276 e. The fraction of sp³-hybridized carbons (Fsp3) is 0.385. The van der Waals surface area contributed by atoms with Crippen LogP contribution in [0.25, 0.3) is 0 Å². The fourth-order valence-corrected chi connectivity index (χ4v) is 3.03. The second-order valence-electron chi connectivity index (χ2n) is 4.64. The Labute approximate surface area is 115 Å². The summed E-state index contributed by atoms with van der Waals surface area (Å²) in [6.45, 7) is 2.60. The Morgan fingerprint density at radius 2 is 2.37 bits per heavy atom. The third-order valence-corrected chi connectivity index (χ3v) is 4.06. The minimum Gasteiger partial charge on any atom is -0.330 e. The quantitative estimate of drug-likeness (QED) is 0.842. The number of hydrogen-bond acceptors (Lipinski definition) is 5. The highest BCUT2D eigenvalue weighted by Gasteiger charge is 2.32. The van der Waals surface area contributed by atoms with Crippen LogP contribution in [-0.4, -0.2) is 31.1 Å². The van der Waals surface area contributed by atoms with Crippen molar-refractivity contribution in [3.63, 3.8) is 0 Å². The predicted molar refractivity (Wildman–Crippen MR) is 71.9 cm³/mol. The van der Waals surface area contributed by atoms with Gasteiger partial charge in [-0.25, -0.2) is 0 Å². The van der Waals surface area contributed by atoms with E-state index in [1.807, 2.05) is 30.2 Å². The lowest BCUT2D eigenvalue weighted by Gasteiger charge is -2.24. The summed E-state index contributed by atoms with van der Waals surface area (Å²) in [4.78, 5) is 18.6. The molecule has 0 spiro atoms. The highest BCUT2D eigenvalue weighted by atomic mass is 32.1. The van der Waals surface area contributed by atoms with Crippen molar-refractivity contribution < 1.29 is 4.79 Å². The molecule has 1 saturated heterocycles. The average Bonchev–Trinajstić information content (AvgIpc) is 3.07. The van der Waals surface area contributed by atoms with Crippen LogP contribution in [0.15, 0.2) is 24.5 Å². The maximum Gasteiger partial charge on any atom is 0.276 e. The van der Waals surface area contributed by atoms with E-state index in [0.717, 1.165) is 36.7 Å². The molecule has 1 aliphatic heterocycles. The summed E-state index contributed by atoms with van der Waals surface area (Å²) in [5.74, 6) is -0.0161. The van der Waals surface area contributed by atoms with Crippen molar-refractivity contribution in [3.05, 3.63) is 41.5 Å². The Balaban J connectivity index is 1.88. The van der Waals surface area contributed by atoms with Crippen molar-refractivity contribution >= 4 is 17.6 Å². The highest BCUT2D eigenvalue weighted by Crippen LogP contribution is 2.32. The Morgan fingerprint density at radius 3 is 3.05 bits per heavy atom. The molecule has 1 unspecified atom stereocenters. The van der Waals surface area contributed by atoms with Gasteiger partial charge in [0.2, 0.25) is 0 Å². The second-order valence-corrected chi connectivity index (χ2v) is 5.17. The molecule has 0 saturated carbocycles. The molecule has 1 atom stereocenters. The Hall–Kier alpha value is -1.82. The summed E-state index contributed by atoms with van der Waals surface area (Å²) in [5, 5.41) is 0. The van der Waals surface area contributed by atoms with E-state index in [1.165, 1.54) is 0 Å². The Morgan fingerprint density at radius 1 is 1.47 bits per heavy atom. The van der Waals surface area contributed by atoms with Crippen LogP contribution in [0.2, 0.25) is 0 Å². The maximum absolute atomic E-state index is 12.5. The van der Waals surface area contributed by atoms with Gasteiger partial charge in [0.25, 0.3) is 5.91 Å². The summed E-state index contributed by atoms with van der Waals surface area (Å²) >= 11 is 1.09. The fourth-order valence-electron chi connectivity index (χ4n) is 2.49. The van der Waals surface area contributed by atoms with Crippen LogP contribution in [0.1, 0.15) is 40.6 Å². The van der Waals surface area contributed by atoms with Gasteiger partial charge in [-0.15, -0.1) is 0 Å². The minimum atomic E-state index is -0.0161.